The van der Waals surface area contributed by atoms with Gasteiger partial charge >= 0.3 is 0 Å². The predicted molar refractivity (Wildman–Crippen MR) is 142 cm³/mol. The molecular formula is C31H36N2O2. The van der Waals surface area contributed by atoms with Crippen LogP contribution < -0.4 is 4.90 Å². The lowest BCUT2D eigenvalue weighted by Crippen LogP contribution is -2.56. The average molecular weight is 469 g/mol. The Kier molecular flexibility index (Phi) is 6.03. The van der Waals surface area contributed by atoms with Crippen LogP contribution >= 0.6 is 0 Å². The van der Waals surface area contributed by atoms with Crippen molar-refractivity contribution in [2.45, 2.75) is 43.1 Å². The molecule has 6 rings (SSSR count). The summed E-state index contributed by atoms with van der Waals surface area (Å²) in [5.41, 5.74) is 6.76. The lowest BCUT2D eigenvalue weighted by atomic mass is 9.69. The van der Waals surface area contributed by atoms with Crippen LogP contribution in [0.3, 0.4) is 0 Å². The third kappa shape index (κ3) is 4.46. The van der Waals surface area contributed by atoms with E-state index in [9.17, 15) is 5.11 Å². The predicted octanol–water partition coefficient (Wildman–Crippen LogP) is 5.56. The first kappa shape index (κ1) is 22.6. The summed E-state index contributed by atoms with van der Waals surface area (Å²) in [6.45, 7) is 5.04. The Labute approximate surface area is 209 Å². The van der Waals surface area contributed by atoms with Crippen LogP contribution in [0.4, 0.5) is 5.69 Å². The molecule has 0 saturated carbocycles. The molecule has 1 N–H and O–H groups in total. The zero-order chi connectivity index (χ0) is 23.8. The molecule has 182 valence electrons. The first-order valence-corrected chi connectivity index (χ1v) is 13.1. The number of phenols is 1. The number of morpholine rings is 1. The highest BCUT2D eigenvalue weighted by atomic mass is 16.5. The Morgan fingerprint density at radius 1 is 0.886 bits per heavy atom. The summed E-state index contributed by atoms with van der Waals surface area (Å²) in [5.74, 6) is 1.10. The number of piperidine rings is 1. The standard InChI is InChI=1S/C31H36N2O2/c1-32-19-20-35-31(22-32)15-17-33(18-16-31)26-10-7-24(8-11-26)30-28(23-5-3-2-4-6-23)13-9-25-21-27(34)12-14-29(25)30/h2-8,10-12,14,21,28,30,34H,9,13,15-20,22H2,1H3. The number of aromatic hydroxyl groups is 1. The molecule has 1 aliphatic carbocycles. The molecule has 0 aromatic heterocycles. The van der Waals surface area contributed by atoms with Crippen molar-refractivity contribution in [1.82, 2.24) is 4.90 Å². The fourth-order valence-corrected chi connectivity index (χ4v) is 6.68. The monoisotopic (exact) mass is 468 g/mol. The molecule has 2 heterocycles. The van der Waals surface area contributed by atoms with E-state index in [-0.39, 0.29) is 5.60 Å². The fourth-order valence-electron chi connectivity index (χ4n) is 6.68. The Morgan fingerprint density at radius 2 is 1.66 bits per heavy atom. The topological polar surface area (TPSA) is 35.9 Å². The van der Waals surface area contributed by atoms with Crippen LogP contribution in [-0.4, -0.2) is 55.4 Å². The highest BCUT2D eigenvalue weighted by molar-refractivity contribution is 5.52. The Bertz CT molecular complexity index is 1150. The number of nitrogens with zero attached hydrogens (tertiary/aromatic N) is 2. The number of hydrogen-bond acceptors (Lipinski definition) is 4. The molecule has 3 aromatic rings. The number of aryl methyl sites for hydroxylation is 1. The van der Waals surface area contributed by atoms with Gasteiger partial charge in [0.2, 0.25) is 0 Å². The van der Waals surface area contributed by atoms with Gasteiger partial charge in [-0.25, -0.2) is 0 Å². The van der Waals surface area contributed by atoms with Gasteiger partial charge < -0.3 is 19.6 Å². The summed E-state index contributed by atoms with van der Waals surface area (Å²) in [4.78, 5) is 4.94. The van der Waals surface area contributed by atoms with Gasteiger partial charge in [0.1, 0.15) is 5.75 Å². The van der Waals surface area contributed by atoms with Crippen LogP contribution in [0, 0.1) is 0 Å². The van der Waals surface area contributed by atoms with Gasteiger partial charge in [0.05, 0.1) is 12.2 Å². The summed E-state index contributed by atoms with van der Waals surface area (Å²) in [6, 6.07) is 26.2. The van der Waals surface area contributed by atoms with Crippen LogP contribution in [0.1, 0.15) is 53.4 Å². The molecular weight excluding hydrogens is 432 g/mol. The lowest BCUT2D eigenvalue weighted by molar-refractivity contribution is -0.115. The highest BCUT2D eigenvalue weighted by Crippen LogP contribution is 2.47. The molecule has 2 fully saturated rings. The molecule has 35 heavy (non-hydrogen) atoms. The summed E-state index contributed by atoms with van der Waals surface area (Å²) in [7, 11) is 2.21. The largest absolute Gasteiger partial charge is 0.508 e. The number of likely N-dealkylation sites (N-methyl/N-ethyl adjacent to an activating group) is 1. The van der Waals surface area contributed by atoms with Gasteiger partial charge in [0.15, 0.2) is 0 Å². The van der Waals surface area contributed by atoms with E-state index in [2.05, 4.69) is 77.5 Å². The molecule has 2 atom stereocenters. The highest BCUT2D eigenvalue weighted by Gasteiger charge is 2.39. The second-order valence-corrected chi connectivity index (χ2v) is 10.8. The van der Waals surface area contributed by atoms with E-state index in [4.69, 9.17) is 4.74 Å². The van der Waals surface area contributed by atoms with E-state index >= 15 is 0 Å². The SMILES string of the molecule is CN1CCOC2(CCN(c3ccc(C4c5ccc(O)cc5CCC4c4ccccc4)cc3)CC2)C1. The zero-order valence-electron chi connectivity index (χ0n) is 20.7. The molecule has 0 amide bonds. The van der Waals surface area contributed by atoms with E-state index in [1.54, 1.807) is 0 Å². The van der Waals surface area contributed by atoms with E-state index in [0.717, 1.165) is 58.5 Å². The van der Waals surface area contributed by atoms with E-state index in [1.165, 1.54) is 27.9 Å². The zero-order valence-corrected chi connectivity index (χ0v) is 20.7. The summed E-state index contributed by atoms with van der Waals surface area (Å²) in [5, 5.41) is 10.1. The third-order valence-corrected chi connectivity index (χ3v) is 8.55. The Balaban J connectivity index is 1.25. The number of rotatable bonds is 3. The minimum absolute atomic E-state index is 0.0454. The maximum absolute atomic E-state index is 10.1. The average Bonchev–Trinajstić information content (AvgIpc) is 2.89. The van der Waals surface area contributed by atoms with Gasteiger partial charge in [0.25, 0.3) is 0 Å². The third-order valence-electron chi connectivity index (χ3n) is 8.55. The fraction of sp³-hybridized carbons (Fsp3) is 0.419. The molecule has 2 unspecified atom stereocenters. The maximum Gasteiger partial charge on any atom is 0.115 e. The van der Waals surface area contributed by atoms with Gasteiger partial charge in [-0.3, -0.25) is 0 Å². The van der Waals surface area contributed by atoms with E-state index in [1.807, 2.05) is 12.1 Å². The molecule has 2 aliphatic heterocycles. The quantitative estimate of drug-likeness (QED) is 0.546. The number of ether oxygens (including phenoxy) is 1. The molecule has 0 bridgehead atoms. The van der Waals surface area contributed by atoms with Gasteiger partial charge in [-0.1, -0.05) is 48.5 Å². The summed E-state index contributed by atoms with van der Waals surface area (Å²) in [6.07, 6.45) is 4.28. The van der Waals surface area contributed by atoms with Crippen molar-refractivity contribution < 1.29 is 9.84 Å². The van der Waals surface area contributed by atoms with Crippen LogP contribution in [0.15, 0.2) is 72.8 Å². The van der Waals surface area contributed by atoms with Crippen molar-refractivity contribution in [3.05, 3.63) is 95.1 Å². The molecule has 4 nitrogen and oxygen atoms in total. The van der Waals surface area contributed by atoms with Crippen molar-refractivity contribution in [2.75, 3.05) is 44.7 Å². The molecule has 0 radical (unpaired) electrons. The number of phenolic OH excluding ortho intramolecular Hbond substituents is 1. The molecule has 3 aromatic carbocycles. The van der Waals surface area contributed by atoms with Gasteiger partial charge in [-0.05, 0) is 85.2 Å². The van der Waals surface area contributed by atoms with Crippen molar-refractivity contribution in [2.24, 2.45) is 0 Å². The number of fused-ring (bicyclic) bond motifs is 1. The second-order valence-electron chi connectivity index (χ2n) is 10.8. The number of benzene rings is 3. The number of anilines is 1. The summed E-state index contributed by atoms with van der Waals surface area (Å²) < 4.78 is 6.27. The maximum atomic E-state index is 10.1. The van der Waals surface area contributed by atoms with Crippen LogP contribution in [0.2, 0.25) is 0 Å². The molecule has 1 spiro atoms. The minimum Gasteiger partial charge on any atom is -0.508 e. The lowest BCUT2D eigenvalue weighted by Gasteiger charge is -2.47. The second kappa shape index (κ2) is 9.33. The minimum atomic E-state index is 0.0454. The molecule has 3 aliphatic rings. The van der Waals surface area contributed by atoms with Gasteiger partial charge in [-0.15, -0.1) is 0 Å². The van der Waals surface area contributed by atoms with E-state index < -0.39 is 0 Å². The summed E-state index contributed by atoms with van der Waals surface area (Å²) >= 11 is 0. The molecule has 2 saturated heterocycles. The van der Waals surface area contributed by atoms with Gasteiger partial charge in [0, 0.05) is 37.8 Å². The van der Waals surface area contributed by atoms with Crippen LogP contribution in [0.25, 0.3) is 0 Å². The van der Waals surface area contributed by atoms with Crippen molar-refractivity contribution in [1.29, 1.82) is 0 Å². The molecule has 4 heteroatoms. The van der Waals surface area contributed by atoms with Gasteiger partial charge in [-0.2, -0.15) is 0 Å². The first-order chi connectivity index (χ1) is 17.1. The normalized spacial score (nSPS) is 24.3. The Hall–Kier alpha value is -2.82. The van der Waals surface area contributed by atoms with Crippen molar-refractivity contribution in [3.8, 4) is 5.75 Å². The van der Waals surface area contributed by atoms with E-state index in [0.29, 0.717) is 17.6 Å². The van der Waals surface area contributed by atoms with Crippen molar-refractivity contribution >= 4 is 5.69 Å². The first-order valence-electron chi connectivity index (χ1n) is 13.1. The van der Waals surface area contributed by atoms with Crippen LogP contribution in [-0.2, 0) is 11.2 Å². The Morgan fingerprint density at radius 3 is 2.40 bits per heavy atom. The van der Waals surface area contributed by atoms with Crippen molar-refractivity contribution in [3.63, 3.8) is 0 Å². The smallest absolute Gasteiger partial charge is 0.115 e. The number of hydrogen-bond donors (Lipinski definition) is 1. The van der Waals surface area contributed by atoms with Crippen LogP contribution in [0.5, 0.6) is 5.75 Å².